The monoisotopic (exact) mass is 270 g/mol. The number of para-hydroxylation sites is 1. The molecule has 0 atom stereocenters. The molecule has 2 aromatic rings. The first kappa shape index (κ1) is 14.4. The van der Waals surface area contributed by atoms with E-state index in [9.17, 15) is 0 Å². The Balaban J connectivity index is 2.11. The van der Waals surface area contributed by atoms with Crippen LogP contribution >= 0.6 is 0 Å². The van der Waals surface area contributed by atoms with Crippen molar-refractivity contribution in [3.63, 3.8) is 0 Å². The summed E-state index contributed by atoms with van der Waals surface area (Å²) < 4.78 is 0. The van der Waals surface area contributed by atoms with Gasteiger partial charge in [-0.2, -0.15) is 0 Å². The fourth-order valence-corrected chi connectivity index (χ4v) is 2.05. The van der Waals surface area contributed by atoms with E-state index >= 15 is 0 Å². The van der Waals surface area contributed by atoms with Gasteiger partial charge in [-0.3, -0.25) is 9.78 Å². The van der Waals surface area contributed by atoms with E-state index in [0.717, 1.165) is 17.1 Å². The third-order valence-electron chi connectivity index (χ3n) is 3.29. The van der Waals surface area contributed by atoms with Gasteiger partial charge in [-0.25, -0.2) is 0 Å². The maximum absolute atomic E-state index is 5.52. The molecule has 0 spiro atoms. The lowest BCUT2D eigenvalue weighted by atomic mass is 10.0. The highest BCUT2D eigenvalue weighted by Crippen LogP contribution is 2.27. The Morgan fingerprint density at radius 1 is 0.750 bits per heavy atom. The molecular weight excluding hydrogens is 248 g/mol. The Morgan fingerprint density at radius 3 is 2.20 bits per heavy atom. The van der Waals surface area contributed by atoms with Gasteiger partial charge in [-0.1, -0.05) is 58.0 Å². The van der Waals surface area contributed by atoms with Gasteiger partial charge in [0.15, 0.2) is 11.5 Å². The number of hydrogen-bond donors (Lipinski definition) is 0. The van der Waals surface area contributed by atoms with Gasteiger partial charge in [0.2, 0.25) is 0 Å². The van der Waals surface area contributed by atoms with E-state index in [-0.39, 0.29) is 0 Å². The van der Waals surface area contributed by atoms with Gasteiger partial charge >= 0.3 is 0 Å². The van der Waals surface area contributed by atoms with Crippen molar-refractivity contribution in [1.82, 2.24) is 0 Å². The summed E-state index contributed by atoms with van der Waals surface area (Å²) in [6, 6.07) is 16.0. The molecule has 2 rings (SSSR count). The summed E-state index contributed by atoms with van der Waals surface area (Å²) in [6.45, 7) is 8.60. The molecule has 0 radical (unpaired) electrons. The Morgan fingerprint density at radius 2 is 1.50 bits per heavy atom. The average molecular weight is 270 g/mol. The van der Waals surface area contributed by atoms with Crippen LogP contribution in [0.2, 0.25) is 0 Å². The SMILES string of the molecule is CC(C)c1cccc(OOc2ccccc2C(C)C)c1. The predicted octanol–water partition coefficient (Wildman–Crippen LogP) is 5.31. The van der Waals surface area contributed by atoms with Crippen LogP contribution in [0.3, 0.4) is 0 Å². The van der Waals surface area contributed by atoms with Gasteiger partial charge in [0, 0.05) is 5.56 Å². The molecule has 0 amide bonds. The number of rotatable bonds is 5. The summed E-state index contributed by atoms with van der Waals surface area (Å²) in [5.41, 5.74) is 2.38. The second-order valence-corrected chi connectivity index (χ2v) is 5.59. The van der Waals surface area contributed by atoms with Gasteiger partial charge in [-0.05, 0) is 35.6 Å². The van der Waals surface area contributed by atoms with Crippen LogP contribution in [0.1, 0.15) is 50.7 Å². The summed E-state index contributed by atoms with van der Waals surface area (Å²) in [7, 11) is 0. The van der Waals surface area contributed by atoms with Gasteiger partial charge in [0.1, 0.15) is 0 Å². The first-order chi connectivity index (χ1) is 9.58. The van der Waals surface area contributed by atoms with E-state index in [1.165, 1.54) is 5.56 Å². The van der Waals surface area contributed by atoms with Crippen LogP contribution in [0.4, 0.5) is 0 Å². The fraction of sp³-hybridized carbons (Fsp3) is 0.333. The minimum Gasteiger partial charge on any atom is -0.290 e. The molecule has 0 aliphatic rings. The quantitative estimate of drug-likeness (QED) is 0.541. The molecule has 2 heteroatoms. The third kappa shape index (κ3) is 3.53. The van der Waals surface area contributed by atoms with E-state index < -0.39 is 0 Å². The molecule has 0 bridgehead atoms. The molecule has 0 aliphatic carbocycles. The Labute approximate surface area is 121 Å². The van der Waals surface area contributed by atoms with E-state index in [1.807, 2.05) is 36.4 Å². The van der Waals surface area contributed by atoms with Crippen molar-refractivity contribution in [3.8, 4) is 11.5 Å². The minimum absolute atomic E-state index is 0.400. The molecule has 0 heterocycles. The summed E-state index contributed by atoms with van der Waals surface area (Å²) in [5, 5.41) is 0. The van der Waals surface area contributed by atoms with Crippen LogP contribution in [-0.4, -0.2) is 0 Å². The van der Waals surface area contributed by atoms with Gasteiger partial charge < -0.3 is 0 Å². The van der Waals surface area contributed by atoms with Crippen molar-refractivity contribution in [2.45, 2.75) is 39.5 Å². The second-order valence-electron chi connectivity index (χ2n) is 5.59. The van der Waals surface area contributed by atoms with Crippen molar-refractivity contribution >= 4 is 0 Å². The van der Waals surface area contributed by atoms with Crippen LogP contribution < -0.4 is 9.78 Å². The van der Waals surface area contributed by atoms with E-state index in [4.69, 9.17) is 9.78 Å². The standard InChI is InChI=1S/C18H22O2/c1-13(2)15-8-7-9-16(12-15)19-20-18-11-6-5-10-17(18)14(3)4/h5-14H,1-4H3. The molecule has 106 valence electrons. The lowest BCUT2D eigenvalue weighted by molar-refractivity contribution is -0.101. The third-order valence-corrected chi connectivity index (χ3v) is 3.29. The maximum atomic E-state index is 5.52. The molecule has 2 aromatic carbocycles. The van der Waals surface area contributed by atoms with Crippen molar-refractivity contribution in [1.29, 1.82) is 0 Å². The Hall–Kier alpha value is -1.96. The normalized spacial score (nSPS) is 10.9. The average Bonchev–Trinajstić information content (AvgIpc) is 2.45. The fourth-order valence-electron chi connectivity index (χ4n) is 2.05. The van der Waals surface area contributed by atoms with Crippen LogP contribution in [0.15, 0.2) is 48.5 Å². The lowest BCUT2D eigenvalue weighted by Gasteiger charge is -2.13. The van der Waals surface area contributed by atoms with Crippen molar-refractivity contribution < 1.29 is 9.78 Å². The molecule has 2 nitrogen and oxygen atoms in total. The van der Waals surface area contributed by atoms with E-state index in [1.54, 1.807) is 0 Å². The molecule has 0 fully saturated rings. The summed E-state index contributed by atoms with van der Waals surface area (Å²) in [4.78, 5) is 11.0. The zero-order valence-corrected chi connectivity index (χ0v) is 12.6. The van der Waals surface area contributed by atoms with Crippen molar-refractivity contribution in [2.24, 2.45) is 0 Å². The predicted molar refractivity (Wildman–Crippen MR) is 82.3 cm³/mol. The lowest BCUT2D eigenvalue weighted by Crippen LogP contribution is -2.04. The zero-order chi connectivity index (χ0) is 14.5. The molecule has 0 aliphatic heterocycles. The smallest absolute Gasteiger partial charge is 0.182 e. The van der Waals surface area contributed by atoms with Crippen LogP contribution in [-0.2, 0) is 0 Å². The van der Waals surface area contributed by atoms with Gasteiger partial charge in [0.05, 0.1) is 0 Å². The topological polar surface area (TPSA) is 18.5 Å². The molecule has 20 heavy (non-hydrogen) atoms. The first-order valence-corrected chi connectivity index (χ1v) is 7.11. The number of benzene rings is 2. The summed E-state index contributed by atoms with van der Waals surface area (Å²) >= 11 is 0. The van der Waals surface area contributed by atoms with E-state index in [2.05, 4.69) is 39.8 Å². The molecule has 0 N–H and O–H groups in total. The highest BCUT2D eigenvalue weighted by Gasteiger charge is 2.09. The van der Waals surface area contributed by atoms with Crippen LogP contribution in [0.5, 0.6) is 11.5 Å². The van der Waals surface area contributed by atoms with Crippen LogP contribution in [0.25, 0.3) is 0 Å². The molecule has 0 saturated heterocycles. The molecule has 0 unspecified atom stereocenters. The second kappa shape index (κ2) is 6.47. The maximum Gasteiger partial charge on any atom is 0.182 e. The van der Waals surface area contributed by atoms with E-state index in [0.29, 0.717) is 11.8 Å². The highest BCUT2D eigenvalue weighted by atomic mass is 17.2. The Kier molecular flexibility index (Phi) is 4.67. The van der Waals surface area contributed by atoms with Gasteiger partial charge in [-0.15, -0.1) is 0 Å². The van der Waals surface area contributed by atoms with Crippen LogP contribution in [0, 0.1) is 0 Å². The minimum atomic E-state index is 0.400. The Bertz CT molecular complexity index is 559. The first-order valence-electron chi connectivity index (χ1n) is 7.11. The van der Waals surface area contributed by atoms with Crippen molar-refractivity contribution in [3.05, 3.63) is 59.7 Å². The number of hydrogen-bond acceptors (Lipinski definition) is 2. The highest BCUT2D eigenvalue weighted by molar-refractivity contribution is 5.36. The summed E-state index contributed by atoms with van der Waals surface area (Å²) in [5.74, 6) is 2.38. The molecular formula is C18H22O2. The molecule has 0 aromatic heterocycles. The van der Waals surface area contributed by atoms with Gasteiger partial charge in [0.25, 0.3) is 0 Å². The largest absolute Gasteiger partial charge is 0.290 e. The zero-order valence-electron chi connectivity index (χ0n) is 12.6. The van der Waals surface area contributed by atoms with Crippen molar-refractivity contribution in [2.75, 3.05) is 0 Å². The molecule has 0 saturated carbocycles. The summed E-state index contributed by atoms with van der Waals surface area (Å²) in [6.07, 6.45) is 0.